The van der Waals surface area contributed by atoms with E-state index in [0.29, 0.717) is 23.9 Å². The molecular weight excluding hydrogens is 959 g/mol. The molecule has 0 saturated carbocycles. The maximum absolute atomic E-state index is 12.9. The van der Waals surface area contributed by atoms with Crippen LogP contribution >= 0.6 is 0 Å². The van der Waals surface area contributed by atoms with Crippen molar-refractivity contribution in [3.05, 3.63) is 182 Å². The van der Waals surface area contributed by atoms with Gasteiger partial charge in [-0.2, -0.15) is 0 Å². The van der Waals surface area contributed by atoms with Gasteiger partial charge in [0.2, 0.25) is 0 Å². The molecule has 0 rings (SSSR count). The molecule has 0 aliphatic heterocycles. The number of carboxylic acids is 1. The second-order valence-electron chi connectivity index (χ2n) is 19.5. The number of quaternary nitrogens is 1. The lowest BCUT2D eigenvalue weighted by atomic mass is 10.1. The molecule has 0 aliphatic carbocycles. The summed E-state index contributed by atoms with van der Waals surface area (Å²) in [7, 11) is 5.92. The number of carboxylic acid groups (broad SMARTS) is 1. The molecule has 428 valence electrons. The number of allylic oxidation sites excluding steroid dienone is 30. The van der Waals surface area contributed by atoms with Gasteiger partial charge in [-0.1, -0.05) is 203 Å². The Labute approximate surface area is 469 Å². The fraction of sp³-hybridized carbons (Fsp3) is 0.515. The van der Waals surface area contributed by atoms with Crippen LogP contribution in [0.15, 0.2) is 182 Å². The standard InChI is InChI=1S/C68H103NO8/c1-6-8-10-12-14-16-18-20-22-24-26-27-28-29-30-31-32-33-34-35-36-37-38-39-41-43-45-47-49-51-53-55-57-59-66(71)77-64(63-76-68(67(72)73)74-61-60-69(3,4)5)62-75-65(70)58-56-54-52-50-48-46-44-42-40-25-23-21-19-17-15-13-11-9-7-2/h8-11,14-17,20-23,26-27,29-30,32-33,35-36,38-40,42-43,45-46,48-49,51,64,68H,6-7,12-13,18-19,24-25,28,31,34,37,41,44,47,50,52-63H2,1-5H3/p+1/b10-8-,11-9-,16-14-,17-15-,22-20-,23-21-,27-26-,30-29-,33-32-,36-35-,39-38-,42-40-,45-43-,48-46-,51-49-. The molecule has 0 amide bonds. The van der Waals surface area contributed by atoms with Crippen LogP contribution in [0.2, 0.25) is 0 Å². The first-order chi connectivity index (χ1) is 37.6. The third-order valence-corrected chi connectivity index (χ3v) is 11.2. The van der Waals surface area contributed by atoms with Crippen LogP contribution in [-0.4, -0.2) is 87.4 Å². The molecule has 9 nitrogen and oxygen atoms in total. The Morgan fingerprint density at radius 3 is 1.04 bits per heavy atom. The molecule has 2 unspecified atom stereocenters. The lowest BCUT2D eigenvalue weighted by molar-refractivity contribution is -0.870. The number of unbranched alkanes of at least 4 members (excludes halogenated alkanes) is 5. The van der Waals surface area contributed by atoms with E-state index in [-0.39, 0.29) is 32.7 Å². The van der Waals surface area contributed by atoms with Gasteiger partial charge in [-0.3, -0.25) is 9.59 Å². The molecule has 0 bridgehead atoms. The van der Waals surface area contributed by atoms with Crippen LogP contribution in [-0.2, 0) is 33.3 Å². The smallest absolute Gasteiger partial charge is 0.361 e. The van der Waals surface area contributed by atoms with E-state index in [9.17, 15) is 19.5 Å². The van der Waals surface area contributed by atoms with Gasteiger partial charge in [-0.25, -0.2) is 4.79 Å². The van der Waals surface area contributed by atoms with E-state index < -0.39 is 30.3 Å². The maximum atomic E-state index is 12.9. The lowest BCUT2D eigenvalue weighted by Gasteiger charge is -2.25. The van der Waals surface area contributed by atoms with Gasteiger partial charge in [0.15, 0.2) is 6.10 Å². The molecule has 0 fully saturated rings. The molecule has 0 aromatic rings. The third kappa shape index (κ3) is 57.9. The van der Waals surface area contributed by atoms with E-state index >= 15 is 0 Å². The van der Waals surface area contributed by atoms with Crippen molar-refractivity contribution in [2.24, 2.45) is 0 Å². The minimum atomic E-state index is -1.54. The van der Waals surface area contributed by atoms with Gasteiger partial charge in [0.25, 0.3) is 6.29 Å². The number of hydrogen-bond donors (Lipinski definition) is 1. The molecule has 77 heavy (non-hydrogen) atoms. The highest BCUT2D eigenvalue weighted by molar-refractivity contribution is 5.71. The fourth-order valence-corrected chi connectivity index (χ4v) is 6.77. The number of ether oxygens (including phenoxy) is 4. The minimum Gasteiger partial charge on any atom is -0.477 e. The molecule has 9 heteroatoms. The monoisotopic (exact) mass is 1060 g/mol. The van der Waals surface area contributed by atoms with Crippen LogP contribution in [0.4, 0.5) is 0 Å². The summed E-state index contributed by atoms with van der Waals surface area (Å²) in [4.78, 5) is 37.4. The molecule has 0 heterocycles. The Bertz CT molecular complexity index is 1910. The molecule has 0 aromatic heterocycles. The largest absolute Gasteiger partial charge is 0.477 e. The number of aliphatic carboxylic acids is 1. The van der Waals surface area contributed by atoms with Gasteiger partial charge in [0, 0.05) is 12.8 Å². The average molecular weight is 1060 g/mol. The predicted molar refractivity (Wildman–Crippen MR) is 326 cm³/mol. The number of hydrogen-bond acceptors (Lipinski definition) is 7. The fourth-order valence-electron chi connectivity index (χ4n) is 6.77. The summed E-state index contributed by atoms with van der Waals surface area (Å²) in [5.41, 5.74) is 0. The first-order valence-corrected chi connectivity index (χ1v) is 28.9. The van der Waals surface area contributed by atoms with Crippen LogP contribution in [0.3, 0.4) is 0 Å². The number of nitrogens with zero attached hydrogens (tertiary/aromatic N) is 1. The third-order valence-electron chi connectivity index (χ3n) is 11.2. The van der Waals surface area contributed by atoms with E-state index in [4.69, 9.17) is 18.9 Å². The second-order valence-corrected chi connectivity index (χ2v) is 19.5. The molecule has 0 saturated heterocycles. The van der Waals surface area contributed by atoms with Gasteiger partial charge in [0.05, 0.1) is 34.4 Å². The summed E-state index contributed by atoms with van der Waals surface area (Å²) in [6, 6.07) is 0. The Balaban J connectivity index is 4.44. The van der Waals surface area contributed by atoms with Crippen molar-refractivity contribution in [3.63, 3.8) is 0 Å². The van der Waals surface area contributed by atoms with Crippen molar-refractivity contribution in [1.29, 1.82) is 0 Å². The van der Waals surface area contributed by atoms with Crippen molar-refractivity contribution < 1.29 is 42.9 Å². The molecule has 0 aromatic carbocycles. The number of likely N-dealkylation sites (N-methyl/N-ethyl adjacent to an activating group) is 1. The number of carbonyl (C=O) groups is 3. The minimum absolute atomic E-state index is 0.162. The molecule has 1 N–H and O–H groups in total. The Kier molecular flexibility index (Phi) is 52.5. The number of esters is 2. The highest BCUT2D eigenvalue weighted by Crippen LogP contribution is 2.11. The number of rotatable bonds is 50. The van der Waals surface area contributed by atoms with Crippen molar-refractivity contribution in [1.82, 2.24) is 0 Å². The SMILES string of the molecule is CC/C=C\C/C=C\C/C=C\C/C=C\C/C=C\C/C=C\C/C=C\C/C=C\C/C=C\C/C=C\CCCCC(=O)OC(COC(=O)CCCCC/C=C\C/C=C\C/C=C\C/C=C\C/C=C\CC)COC(OCC[N+](C)(C)C)C(=O)O. The molecule has 2 atom stereocenters. The molecular formula is C68H104NO8+. The zero-order chi connectivity index (χ0) is 56.2. The van der Waals surface area contributed by atoms with E-state index in [0.717, 1.165) is 128 Å². The summed E-state index contributed by atoms with van der Waals surface area (Å²) in [5.74, 6) is -2.14. The highest BCUT2D eigenvalue weighted by Gasteiger charge is 2.25. The first-order valence-electron chi connectivity index (χ1n) is 28.9. The summed E-state index contributed by atoms with van der Waals surface area (Å²) in [6.07, 6.45) is 84.0. The topological polar surface area (TPSA) is 108 Å². The average Bonchev–Trinajstić information content (AvgIpc) is 3.40. The van der Waals surface area contributed by atoms with Gasteiger partial charge in [-0.05, 0) is 135 Å². The Morgan fingerprint density at radius 1 is 0.390 bits per heavy atom. The number of carbonyl (C=O) groups excluding carboxylic acids is 2. The molecule has 0 aliphatic rings. The quantitative estimate of drug-likeness (QED) is 0.0211. The summed E-state index contributed by atoms with van der Waals surface area (Å²) < 4.78 is 22.7. The van der Waals surface area contributed by atoms with Crippen LogP contribution < -0.4 is 0 Å². The summed E-state index contributed by atoms with van der Waals surface area (Å²) in [6.45, 7) is 4.51. The Hall–Kier alpha value is -5.61. The Morgan fingerprint density at radius 2 is 0.701 bits per heavy atom. The van der Waals surface area contributed by atoms with E-state index in [1.54, 1.807) is 0 Å². The lowest BCUT2D eigenvalue weighted by Crippen LogP contribution is -2.40. The maximum Gasteiger partial charge on any atom is 0.361 e. The zero-order valence-electron chi connectivity index (χ0n) is 48.5. The summed E-state index contributed by atoms with van der Waals surface area (Å²) >= 11 is 0. The highest BCUT2D eigenvalue weighted by atomic mass is 16.7. The van der Waals surface area contributed by atoms with Gasteiger partial charge in [0.1, 0.15) is 13.2 Å². The summed E-state index contributed by atoms with van der Waals surface area (Å²) in [5, 5.41) is 9.70. The van der Waals surface area contributed by atoms with Crippen LogP contribution in [0.5, 0.6) is 0 Å². The van der Waals surface area contributed by atoms with Crippen LogP contribution in [0.1, 0.15) is 168 Å². The second kappa shape index (κ2) is 56.6. The van der Waals surface area contributed by atoms with Crippen molar-refractivity contribution in [3.8, 4) is 0 Å². The van der Waals surface area contributed by atoms with E-state index in [1.807, 2.05) is 21.1 Å². The van der Waals surface area contributed by atoms with Crippen molar-refractivity contribution in [2.75, 3.05) is 47.5 Å². The normalized spacial score (nSPS) is 14.1. The molecule has 0 spiro atoms. The van der Waals surface area contributed by atoms with Gasteiger partial charge in [-0.15, -0.1) is 0 Å². The van der Waals surface area contributed by atoms with E-state index in [2.05, 4.69) is 196 Å². The first kappa shape index (κ1) is 71.4. The molecule has 0 radical (unpaired) electrons. The van der Waals surface area contributed by atoms with Crippen molar-refractivity contribution >= 4 is 17.9 Å². The van der Waals surface area contributed by atoms with Crippen LogP contribution in [0.25, 0.3) is 0 Å². The van der Waals surface area contributed by atoms with Gasteiger partial charge < -0.3 is 28.5 Å². The predicted octanol–water partition coefficient (Wildman–Crippen LogP) is 17.3. The van der Waals surface area contributed by atoms with Crippen molar-refractivity contribution in [2.45, 2.75) is 180 Å². The zero-order valence-corrected chi connectivity index (χ0v) is 48.5. The van der Waals surface area contributed by atoms with Crippen LogP contribution in [0, 0.1) is 0 Å². The van der Waals surface area contributed by atoms with E-state index in [1.165, 1.54) is 0 Å². The van der Waals surface area contributed by atoms with Gasteiger partial charge >= 0.3 is 17.9 Å².